The summed E-state index contributed by atoms with van der Waals surface area (Å²) in [6.45, 7) is 7.25. The Kier molecular flexibility index (Phi) is 7.06. The van der Waals surface area contributed by atoms with Gasteiger partial charge in [0.2, 0.25) is 0 Å². The van der Waals surface area contributed by atoms with E-state index in [4.69, 9.17) is 11.6 Å². The van der Waals surface area contributed by atoms with E-state index in [1.807, 2.05) is 0 Å². The molecule has 6 heteroatoms. The molecule has 0 spiro atoms. The van der Waals surface area contributed by atoms with Crippen LogP contribution in [0.3, 0.4) is 0 Å². The van der Waals surface area contributed by atoms with Crippen LogP contribution in [0.2, 0.25) is 0 Å². The van der Waals surface area contributed by atoms with Gasteiger partial charge in [0, 0.05) is 12.6 Å². The highest BCUT2D eigenvalue weighted by molar-refractivity contribution is 4.58. The molecule has 0 bridgehead atoms. The van der Waals surface area contributed by atoms with Crippen molar-refractivity contribution in [3.8, 4) is 0 Å². The minimum Gasteiger partial charge on any atom is -0.302 e. The Labute approximate surface area is 79.9 Å². The summed E-state index contributed by atoms with van der Waals surface area (Å²) in [4.78, 5) is 0. The molecular weight excluding hydrogens is 168 g/mol. The Balaban J connectivity index is 3.71. The number of hydrogen-bond donors (Lipinski definition) is 5. The smallest absolute Gasteiger partial charge is 0.135 e. The lowest BCUT2D eigenvalue weighted by molar-refractivity contribution is 0.0933. The van der Waals surface area contributed by atoms with Crippen molar-refractivity contribution < 1.29 is 0 Å². The summed E-state index contributed by atoms with van der Waals surface area (Å²) in [5, 5.41) is 2.05. The van der Waals surface area contributed by atoms with Crippen molar-refractivity contribution in [1.82, 2.24) is 21.4 Å². The van der Waals surface area contributed by atoms with Gasteiger partial charge >= 0.3 is 0 Å². The van der Waals surface area contributed by atoms with Gasteiger partial charge in [-0.15, -0.1) is 0 Å². The standard InChI is InChI=1S/C7H22N6/c1-4-6(3)13(5-2)12-11-7(8)10-9/h6-7,10-12H,4-5,8-9H2,1-3H3/t6?,7-/m1/s1. The maximum Gasteiger partial charge on any atom is 0.135 e. The molecule has 0 aliphatic rings. The lowest BCUT2D eigenvalue weighted by Crippen LogP contribution is -2.62. The molecule has 1 unspecified atom stereocenters. The van der Waals surface area contributed by atoms with Crippen molar-refractivity contribution in [2.24, 2.45) is 11.6 Å². The molecule has 13 heavy (non-hydrogen) atoms. The van der Waals surface area contributed by atoms with Gasteiger partial charge in [-0.1, -0.05) is 13.8 Å². The van der Waals surface area contributed by atoms with E-state index >= 15 is 0 Å². The first-order valence-electron chi connectivity index (χ1n) is 4.65. The van der Waals surface area contributed by atoms with E-state index < -0.39 is 6.29 Å². The minimum absolute atomic E-state index is 0.446. The fraction of sp³-hybridized carbons (Fsp3) is 1.00. The second kappa shape index (κ2) is 7.19. The Morgan fingerprint density at radius 2 is 2.00 bits per heavy atom. The zero-order valence-corrected chi connectivity index (χ0v) is 8.67. The van der Waals surface area contributed by atoms with Crippen LogP contribution in [0.1, 0.15) is 27.2 Å². The van der Waals surface area contributed by atoms with Crippen LogP contribution in [0.25, 0.3) is 0 Å². The monoisotopic (exact) mass is 190 g/mol. The molecule has 0 rings (SSSR count). The molecule has 7 N–H and O–H groups in total. The molecule has 0 aliphatic heterocycles. The molecule has 0 aromatic carbocycles. The van der Waals surface area contributed by atoms with Crippen molar-refractivity contribution in [3.05, 3.63) is 0 Å². The molecule has 0 radical (unpaired) electrons. The summed E-state index contributed by atoms with van der Waals surface area (Å²) >= 11 is 0. The SMILES string of the molecule is CCC(C)N(CC)NN[C@H](N)NN. The first-order valence-corrected chi connectivity index (χ1v) is 4.65. The van der Waals surface area contributed by atoms with Crippen molar-refractivity contribution in [2.75, 3.05) is 6.54 Å². The van der Waals surface area contributed by atoms with Gasteiger partial charge in [0.05, 0.1) is 0 Å². The molecule has 0 saturated heterocycles. The van der Waals surface area contributed by atoms with Crippen molar-refractivity contribution in [1.29, 1.82) is 0 Å². The summed E-state index contributed by atoms with van der Waals surface area (Å²) in [6.07, 6.45) is 0.631. The zero-order chi connectivity index (χ0) is 10.3. The van der Waals surface area contributed by atoms with E-state index in [2.05, 4.69) is 42.2 Å². The number of rotatable bonds is 7. The molecule has 0 heterocycles. The van der Waals surface area contributed by atoms with Crippen molar-refractivity contribution >= 4 is 0 Å². The second-order valence-electron chi connectivity index (χ2n) is 2.94. The topological polar surface area (TPSA) is 91.4 Å². The van der Waals surface area contributed by atoms with Crippen LogP contribution in [0, 0.1) is 0 Å². The van der Waals surface area contributed by atoms with E-state index in [-0.39, 0.29) is 0 Å². The highest BCUT2D eigenvalue weighted by Crippen LogP contribution is 1.97. The van der Waals surface area contributed by atoms with Crippen LogP contribution in [0.5, 0.6) is 0 Å². The molecule has 0 aromatic rings. The average molecular weight is 190 g/mol. The third kappa shape index (κ3) is 5.14. The van der Waals surface area contributed by atoms with Crippen LogP contribution in [0.15, 0.2) is 0 Å². The highest BCUT2D eigenvalue weighted by atomic mass is 15.7. The van der Waals surface area contributed by atoms with Gasteiger partial charge in [0.15, 0.2) is 0 Å². The first kappa shape index (κ1) is 12.8. The van der Waals surface area contributed by atoms with Gasteiger partial charge in [0.25, 0.3) is 0 Å². The van der Waals surface area contributed by atoms with Gasteiger partial charge in [-0.25, -0.2) is 15.9 Å². The lowest BCUT2D eigenvalue weighted by atomic mass is 10.2. The quantitative estimate of drug-likeness (QED) is 0.197. The third-order valence-electron chi connectivity index (χ3n) is 2.01. The largest absolute Gasteiger partial charge is 0.302 e. The first-order chi connectivity index (χ1) is 6.15. The normalized spacial score (nSPS) is 16.2. The molecule has 80 valence electrons. The highest BCUT2D eigenvalue weighted by Gasteiger charge is 2.09. The van der Waals surface area contributed by atoms with Gasteiger partial charge in [-0.2, -0.15) is 5.53 Å². The Morgan fingerprint density at radius 3 is 2.38 bits per heavy atom. The number of hydrazine groups is 3. The van der Waals surface area contributed by atoms with E-state index in [0.29, 0.717) is 6.04 Å². The van der Waals surface area contributed by atoms with Crippen LogP contribution in [0.4, 0.5) is 0 Å². The van der Waals surface area contributed by atoms with Gasteiger partial charge < -0.3 is 5.73 Å². The Hall–Kier alpha value is -0.240. The van der Waals surface area contributed by atoms with E-state index in [9.17, 15) is 0 Å². The predicted octanol–water partition coefficient (Wildman–Crippen LogP) is -1.18. The Morgan fingerprint density at radius 1 is 1.38 bits per heavy atom. The number of nitrogens with zero attached hydrogens (tertiary/aromatic N) is 1. The molecule has 0 saturated carbocycles. The predicted molar refractivity (Wildman–Crippen MR) is 53.7 cm³/mol. The lowest BCUT2D eigenvalue weighted by Gasteiger charge is -2.29. The van der Waals surface area contributed by atoms with E-state index in [1.165, 1.54) is 0 Å². The van der Waals surface area contributed by atoms with E-state index in [0.717, 1.165) is 13.0 Å². The van der Waals surface area contributed by atoms with Crippen LogP contribution >= 0.6 is 0 Å². The van der Waals surface area contributed by atoms with Gasteiger partial charge in [-0.3, -0.25) is 5.84 Å². The fourth-order valence-corrected chi connectivity index (χ4v) is 0.915. The maximum absolute atomic E-state index is 5.48. The molecular formula is C7H22N6. The third-order valence-corrected chi connectivity index (χ3v) is 2.01. The fourth-order valence-electron chi connectivity index (χ4n) is 0.915. The summed E-state index contributed by atoms with van der Waals surface area (Å²) in [6, 6.07) is 0.461. The summed E-state index contributed by atoms with van der Waals surface area (Å²) < 4.78 is 0. The summed E-state index contributed by atoms with van der Waals surface area (Å²) in [7, 11) is 0. The molecule has 6 nitrogen and oxygen atoms in total. The minimum atomic E-state index is -0.446. The number of nitrogens with two attached hydrogens (primary N) is 2. The van der Waals surface area contributed by atoms with E-state index in [1.54, 1.807) is 0 Å². The average Bonchev–Trinajstić information content (AvgIpc) is 2.17. The molecule has 0 aliphatic carbocycles. The summed E-state index contributed by atoms with van der Waals surface area (Å²) in [5.41, 5.74) is 13.7. The van der Waals surface area contributed by atoms with Crippen molar-refractivity contribution in [2.45, 2.75) is 39.5 Å². The zero-order valence-electron chi connectivity index (χ0n) is 8.67. The maximum atomic E-state index is 5.48. The van der Waals surface area contributed by atoms with Crippen molar-refractivity contribution in [3.63, 3.8) is 0 Å². The van der Waals surface area contributed by atoms with Gasteiger partial charge in [0.1, 0.15) is 6.29 Å². The molecule has 0 amide bonds. The van der Waals surface area contributed by atoms with Gasteiger partial charge in [-0.05, 0) is 13.3 Å². The second-order valence-corrected chi connectivity index (χ2v) is 2.94. The van der Waals surface area contributed by atoms with Crippen LogP contribution in [-0.4, -0.2) is 23.9 Å². The van der Waals surface area contributed by atoms with Crippen LogP contribution < -0.4 is 28.0 Å². The number of hydrogen-bond acceptors (Lipinski definition) is 6. The molecule has 0 aromatic heterocycles. The molecule has 0 fully saturated rings. The molecule has 2 atom stereocenters. The van der Waals surface area contributed by atoms with Crippen LogP contribution in [-0.2, 0) is 0 Å². The number of nitrogens with one attached hydrogen (secondary N) is 3. The Bertz CT molecular complexity index is 120. The summed E-state index contributed by atoms with van der Waals surface area (Å²) in [5.74, 6) is 5.11.